The van der Waals surface area contributed by atoms with Crippen LogP contribution in [0.5, 0.6) is 0 Å². The molecule has 0 spiro atoms. The molecule has 1 N–H and O–H groups in total. The molecule has 0 saturated carbocycles. The third-order valence-electron chi connectivity index (χ3n) is 3.85. The molecule has 0 bridgehead atoms. The van der Waals surface area contributed by atoms with Crippen molar-refractivity contribution in [2.45, 2.75) is 19.8 Å². The van der Waals surface area contributed by atoms with E-state index in [-0.39, 0.29) is 11.8 Å². The number of hydrogen-bond donors (Lipinski definition) is 1. The van der Waals surface area contributed by atoms with E-state index in [9.17, 15) is 9.59 Å². The van der Waals surface area contributed by atoms with Crippen molar-refractivity contribution in [2.75, 3.05) is 39.3 Å². The van der Waals surface area contributed by atoms with Crippen molar-refractivity contribution in [1.82, 2.24) is 20.1 Å². The minimum atomic E-state index is -0.0405. The first-order valence-corrected chi connectivity index (χ1v) is 8.38. The van der Waals surface area contributed by atoms with Crippen molar-refractivity contribution in [1.29, 1.82) is 0 Å². The minimum absolute atomic E-state index is 0.0405. The van der Waals surface area contributed by atoms with Gasteiger partial charge in [0.05, 0.1) is 12.1 Å². The first-order valence-electron chi connectivity index (χ1n) is 8.00. The van der Waals surface area contributed by atoms with Gasteiger partial charge in [-0.15, -0.1) is 0 Å². The van der Waals surface area contributed by atoms with Gasteiger partial charge in [0, 0.05) is 38.9 Å². The Hall–Kier alpha value is -1.66. The second-order valence-corrected chi connectivity index (χ2v) is 6.03. The lowest BCUT2D eigenvalue weighted by atomic mass is 10.2. The van der Waals surface area contributed by atoms with Gasteiger partial charge in [0.15, 0.2) is 0 Å². The molecule has 0 aliphatic carbocycles. The lowest BCUT2D eigenvalue weighted by Gasteiger charge is -2.34. The third kappa shape index (κ3) is 5.48. The van der Waals surface area contributed by atoms with Crippen molar-refractivity contribution in [3.63, 3.8) is 0 Å². The van der Waals surface area contributed by atoms with Crippen LogP contribution in [0.4, 0.5) is 0 Å². The highest BCUT2D eigenvalue weighted by Gasteiger charge is 2.23. The molecule has 7 heteroatoms. The number of hydrogen-bond acceptors (Lipinski definition) is 4. The van der Waals surface area contributed by atoms with E-state index in [1.54, 1.807) is 17.0 Å². The Labute approximate surface area is 141 Å². The van der Waals surface area contributed by atoms with Gasteiger partial charge >= 0.3 is 0 Å². The van der Waals surface area contributed by atoms with Crippen LogP contribution in [0, 0.1) is 0 Å². The maximum absolute atomic E-state index is 12.4. The Morgan fingerprint density at radius 1 is 1.26 bits per heavy atom. The molecule has 2 rings (SSSR count). The van der Waals surface area contributed by atoms with Crippen LogP contribution in [-0.2, 0) is 4.79 Å². The van der Waals surface area contributed by atoms with E-state index in [1.807, 2.05) is 0 Å². The molecule has 1 aromatic heterocycles. The summed E-state index contributed by atoms with van der Waals surface area (Å²) < 4.78 is 0. The van der Waals surface area contributed by atoms with Crippen molar-refractivity contribution in [3.05, 3.63) is 29.0 Å². The summed E-state index contributed by atoms with van der Waals surface area (Å²) in [5, 5.41) is 3.29. The van der Waals surface area contributed by atoms with E-state index in [2.05, 4.69) is 22.1 Å². The summed E-state index contributed by atoms with van der Waals surface area (Å²) in [6.07, 6.45) is 3.57. The first kappa shape index (κ1) is 17.7. The Balaban J connectivity index is 1.76. The molecule has 0 unspecified atom stereocenters. The average molecular weight is 339 g/mol. The SMILES string of the molecule is CCCCNC(=O)CN1CCN(C(=O)c2ccc(Cl)nc2)CC1. The predicted octanol–water partition coefficient (Wildman–Crippen LogP) is 1.41. The summed E-state index contributed by atoms with van der Waals surface area (Å²) in [4.78, 5) is 32.0. The molecular weight excluding hydrogens is 316 g/mol. The topological polar surface area (TPSA) is 65.5 Å². The van der Waals surface area contributed by atoms with Crippen LogP contribution in [0.25, 0.3) is 0 Å². The monoisotopic (exact) mass is 338 g/mol. The fourth-order valence-corrected chi connectivity index (χ4v) is 2.57. The van der Waals surface area contributed by atoms with Gasteiger partial charge in [-0.1, -0.05) is 24.9 Å². The van der Waals surface area contributed by atoms with Crippen molar-refractivity contribution in [2.24, 2.45) is 0 Å². The number of unbranched alkanes of at least 4 members (excludes halogenated alkanes) is 1. The number of piperazine rings is 1. The zero-order valence-corrected chi connectivity index (χ0v) is 14.2. The van der Waals surface area contributed by atoms with Gasteiger partial charge in [0.2, 0.25) is 5.91 Å². The van der Waals surface area contributed by atoms with Crippen LogP contribution in [0.1, 0.15) is 30.1 Å². The quantitative estimate of drug-likeness (QED) is 0.629. The summed E-state index contributed by atoms with van der Waals surface area (Å²) in [7, 11) is 0. The van der Waals surface area contributed by atoms with Crippen molar-refractivity contribution >= 4 is 23.4 Å². The molecule has 1 saturated heterocycles. The van der Waals surface area contributed by atoms with E-state index in [0.29, 0.717) is 43.4 Å². The minimum Gasteiger partial charge on any atom is -0.355 e. The smallest absolute Gasteiger partial charge is 0.255 e. The number of carbonyl (C=O) groups is 2. The van der Waals surface area contributed by atoms with E-state index in [1.165, 1.54) is 6.20 Å². The molecule has 1 aromatic rings. The Bertz CT molecular complexity index is 527. The molecule has 23 heavy (non-hydrogen) atoms. The summed E-state index contributed by atoms with van der Waals surface area (Å²) in [6, 6.07) is 3.30. The number of carbonyl (C=O) groups excluding carboxylic acids is 2. The lowest BCUT2D eigenvalue weighted by Crippen LogP contribution is -2.51. The van der Waals surface area contributed by atoms with Crippen LogP contribution in [0.2, 0.25) is 5.15 Å². The third-order valence-corrected chi connectivity index (χ3v) is 4.08. The molecule has 0 aromatic carbocycles. The average Bonchev–Trinajstić information content (AvgIpc) is 2.56. The van der Waals surface area contributed by atoms with Crippen LogP contribution in [-0.4, -0.2) is 65.9 Å². The van der Waals surface area contributed by atoms with Gasteiger partial charge in [0.1, 0.15) is 5.15 Å². The van der Waals surface area contributed by atoms with E-state index in [0.717, 1.165) is 19.4 Å². The standard InChI is InChI=1S/C16H23ClN4O2/c1-2-3-6-18-15(22)12-20-7-9-21(10-8-20)16(23)13-4-5-14(17)19-11-13/h4-5,11H,2-3,6-10,12H2,1H3,(H,18,22). The van der Waals surface area contributed by atoms with Crippen LogP contribution < -0.4 is 5.32 Å². The summed E-state index contributed by atoms with van der Waals surface area (Å²) in [5.41, 5.74) is 0.542. The maximum Gasteiger partial charge on any atom is 0.255 e. The van der Waals surface area contributed by atoms with E-state index in [4.69, 9.17) is 11.6 Å². The lowest BCUT2D eigenvalue weighted by molar-refractivity contribution is -0.122. The van der Waals surface area contributed by atoms with Gasteiger partial charge in [-0.25, -0.2) is 4.98 Å². The Morgan fingerprint density at radius 3 is 2.61 bits per heavy atom. The van der Waals surface area contributed by atoms with Crippen LogP contribution in [0.15, 0.2) is 18.3 Å². The summed E-state index contributed by atoms with van der Waals surface area (Å²) in [5.74, 6) is 0.0151. The number of nitrogens with one attached hydrogen (secondary N) is 1. The fraction of sp³-hybridized carbons (Fsp3) is 0.562. The molecule has 1 aliphatic heterocycles. The fourth-order valence-electron chi connectivity index (χ4n) is 2.46. The highest BCUT2D eigenvalue weighted by Crippen LogP contribution is 2.10. The molecule has 0 radical (unpaired) electrons. The number of nitrogens with zero attached hydrogens (tertiary/aromatic N) is 3. The molecule has 0 atom stereocenters. The van der Waals surface area contributed by atoms with Gasteiger partial charge in [-0.3, -0.25) is 14.5 Å². The number of halogens is 1. The van der Waals surface area contributed by atoms with Gasteiger partial charge < -0.3 is 10.2 Å². The van der Waals surface area contributed by atoms with Crippen molar-refractivity contribution < 1.29 is 9.59 Å². The maximum atomic E-state index is 12.4. The van der Waals surface area contributed by atoms with Gasteiger partial charge in [0.25, 0.3) is 5.91 Å². The van der Waals surface area contributed by atoms with E-state index >= 15 is 0 Å². The molecule has 2 amide bonds. The number of aromatic nitrogens is 1. The van der Waals surface area contributed by atoms with E-state index < -0.39 is 0 Å². The number of amides is 2. The molecule has 6 nitrogen and oxygen atoms in total. The second-order valence-electron chi connectivity index (χ2n) is 5.64. The highest BCUT2D eigenvalue weighted by atomic mass is 35.5. The summed E-state index contributed by atoms with van der Waals surface area (Å²) in [6.45, 7) is 5.86. The van der Waals surface area contributed by atoms with Gasteiger partial charge in [-0.2, -0.15) is 0 Å². The molecule has 1 aliphatic rings. The number of rotatable bonds is 6. The molecule has 126 valence electrons. The second kappa shape index (κ2) is 8.84. The zero-order chi connectivity index (χ0) is 16.7. The summed E-state index contributed by atoms with van der Waals surface area (Å²) >= 11 is 5.73. The number of pyridine rings is 1. The molecule has 2 heterocycles. The van der Waals surface area contributed by atoms with Crippen LogP contribution in [0.3, 0.4) is 0 Å². The first-order chi connectivity index (χ1) is 11.1. The van der Waals surface area contributed by atoms with Gasteiger partial charge in [-0.05, 0) is 18.6 Å². The van der Waals surface area contributed by atoms with Crippen molar-refractivity contribution in [3.8, 4) is 0 Å². The normalized spacial score (nSPS) is 15.5. The predicted molar refractivity (Wildman–Crippen MR) is 89.5 cm³/mol. The highest BCUT2D eigenvalue weighted by molar-refractivity contribution is 6.29. The molecular formula is C16H23ClN4O2. The van der Waals surface area contributed by atoms with Crippen LogP contribution >= 0.6 is 11.6 Å². The molecule has 1 fully saturated rings. The Kier molecular flexibility index (Phi) is 6.80. The Morgan fingerprint density at radius 2 is 2.00 bits per heavy atom. The zero-order valence-electron chi connectivity index (χ0n) is 13.4. The largest absolute Gasteiger partial charge is 0.355 e.